The lowest BCUT2D eigenvalue weighted by Crippen LogP contribution is -2.34. The van der Waals surface area contributed by atoms with Crippen LogP contribution in [-0.2, 0) is 9.59 Å². The van der Waals surface area contributed by atoms with Crippen molar-refractivity contribution in [1.82, 2.24) is 5.32 Å². The maximum atomic E-state index is 11.7. The number of carboxylic acid groups (broad SMARTS) is 1. The van der Waals surface area contributed by atoms with Gasteiger partial charge < -0.3 is 10.4 Å². The Hall–Kier alpha value is -1.81. The van der Waals surface area contributed by atoms with E-state index in [4.69, 9.17) is 16.7 Å². The van der Waals surface area contributed by atoms with Gasteiger partial charge in [-0.3, -0.25) is 9.59 Å². The van der Waals surface area contributed by atoms with Gasteiger partial charge in [0.1, 0.15) is 0 Å². The molecule has 4 nitrogen and oxygen atoms in total. The van der Waals surface area contributed by atoms with Crippen LogP contribution in [0.25, 0.3) is 6.08 Å². The normalized spacial score (nSPS) is 12.3. The van der Waals surface area contributed by atoms with Crippen LogP contribution in [0.2, 0.25) is 5.02 Å². The van der Waals surface area contributed by atoms with Gasteiger partial charge in [0, 0.05) is 17.1 Å². The highest BCUT2D eigenvalue weighted by atomic mass is 35.5. The SMILES string of the molecule is CCC(CC(=O)O)NC(=O)/C=C/c1ccc(C)c(Cl)c1. The fourth-order valence-electron chi connectivity index (χ4n) is 1.64. The van der Waals surface area contributed by atoms with E-state index in [-0.39, 0.29) is 18.4 Å². The van der Waals surface area contributed by atoms with Gasteiger partial charge in [-0.1, -0.05) is 30.7 Å². The lowest BCUT2D eigenvalue weighted by molar-refractivity contribution is -0.137. The van der Waals surface area contributed by atoms with Gasteiger partial charge in [-0.05, 0) is 36.6 Å². The van der Waals surface area contributed by atoms with Crippen LogP contribution >= 0.6 is 11.6 Å². The van der Waals surface area contributed by atoms with Crippen LogP contribution in [0.5, 0.6) is 0 Å². The number of carbonyl (C=O) groups excluding carboxylic acids is 1. The minimum absolute atomic E-state index is 0.0769. The van der Waals surface area contributed by atoms with Crippen LogP contribution in [0.1, 0.15) is 30.9 Å². The summed E-state index contributed by atoms with van der Waals surface area (Å²) in [4.78, 5) is 22.3. The fourth-order valence-corrected chi connectivity index (χ4v) is 1.83. The smallest absolute Gasteiger partial charge is 0.305 e. The summed E-state index contributed by atoms with van der Waals surface area (Å²) in [6.45, 7) is 3.73. The van der Waals surface area contributed by atoms with Crippen molar-refractivity contribution in [2.24, 2.45) is 0 Å². The van der Waals surface area contributed by atoms with Gasteiger partial charge in [-0.25, -0.2) is 0 Å². The van der Waals surface area contributed by atoms with Crippen LogP contribution < -0.4 is 5.32 Å². The monoisotopic (exact) mass is 295 g/mol. The van der Waals surface area contributed by atoms with Gasteiger partial charge in [0.05, 0.1) is 6.42 Å². The van der Waals surface area contributed by atoms with Crippen molar-refractivity contribution in [2.45, 2.75) is 32.7 Å². The highest BCUT2D eigenvalue weighted by Crippen LogP contribution is 2.17. The fraction of sp³-hybridized carbons (Fsp3) is 0.333. The molecule has 0 aliphatic carbocycles. The highest BCUT2D eigenvalue weighted by Gasteiger charge is 2.12. The number of hydrogen-bond donors (Lipinski definition) is 2. The second-order valence-corrected chi connectivity index (χ2v) is 4.96. The van der Waals surface area contributed by atoms with E-state index in [0.29, 0.717) is 11.4 Å². The third kappa shape index (κ3) is 5.45. The molecule has 0 bridgehead atoms. The van der Waals surface area contributed by atoms with Crippen LogP contribution in [0, 0.1) is 6.92 Å². The van der Waals surface area contributed by atoms with Crippen LogP contribution in [-0.4, -0.2) is 23.0 Å². The van der Waals surface area contributed by atoms with Crippen molar-refractivity contribution >= 4 is 29.6 Å². The summed E-state index contributed by atoms with van der Waals surface area (Å²) >= 11 is 5.99. The summed E-state index contributed by atoms with van der Waals surface area (Å²) < 4.78 is 0. The number of hydrogen-bond acceptors (Lipinski definition) is 2. The molecule has 2 N–H and O–H groups in total. The Balaban J connectivity index is 2.62. The molecule has 1 atom stereocenters. The number of halogens is 1. The Morgan fingerprint density at radius 2 is 2.15 bits per heavy atom. The molecule has 5 heteroatoms. The number of amides is 1. The van der Waals surface area contributed by atoms with Crippen molar-refractivity contribution < 1.29 is 14.7 Å². The molecule has 1 aromatic rings. The average molecular weight is 296 g/mol. The molecule has 0 aromatic heterocycles. The van der Waals surface area contributed by atoms with Crippen molar-refractivity contribution in [3.63, 3.8) is 0 Å². The second kappa shape index (κ2) is 7.70. The molecule has 1 aromatic carbocycles. The van der Waals surface area contributed by atoms with E-state index < -0.39 is 5.97 Å². The minimum atomic E-state index is -0.925. The Bertz CT molecular complexity index is 526. The number of benzene rings is 1. The third-order valence-corrected chi connectivity index (χ3v) is 3.29. The zero-order chi connectivity index (χ0) is 15.1. The molecule has 0 heterocycles. The van der Waals surface area contributed by atoms with Crippen molar-refractivity contribution in [3.8, 4) is 0 Å². The summed E-state index contributed by atoms with van der Waals surface area (Å²) in [5.41, 5.74) is 1.79. The van der Waals surface area contributed by atoms with Gasteiger partial charge in [-0.2, -0.15) is 0 Å². The Morgan fingerprint density at radius 1 is 1.45 bits per heavy atom. The standard InChI is InChI=1S/C15H18ClNO3/c1-3-12(9-15(19)20)17-14(18)7-6-11-5-4-10(2)13(16)8-11/h4-8,12H,3,9H2,1-2H3,(H,17,18)(H,19,20)/b7-6+. The molecule has 108 valence electrons. The molecule has 1 amide bonds. The maximum Gasteiger partial charge on any atom is 0.305 e. The van der Waals surface area contributed by atoms with Gasteiger partial charge in [0.15, 0.2) is 0 Å². The molecule has 0 fully saturated rings. The van der Waals surface area contributed by atoms with E-state index in [9.17, 15) is 9.59 Å². The van der Waals surface area contributed by atoms with Crippen molar-refractivity contribution in [2.75, 3.05) is 0 Å². The summed E-state index contributed by atoms with van der Waals surface area (Å²) in [5, 5.41) is 12.0. The number of rotatable bonds is 6. The molecular weight excluding hydrogens is 278 g/mol. The van der Waals surface area contributed by atoms with E-state index in [1.807, 2.05) is 26.0 Å². The quantitative estimate of drug-likeness (QED) is 0.793. The van der Waals surface area contributed by atoms with Crippen LogP contribution in [0.3, 0.4) is 0 Å². The lowest BCUT2D eigenvalue weighted by Gasteiger charge is -2.12. The predicted octanol–water partition coefficient (Wildman–Crippen LogP) is 3.03. The number of carbonyl (C=O) groups is 2. The van der Waals surface area contributed by atoms with E-state index in [2.05, 4.69) is 5.32 Å². The summed E-state index contributed by atoms with van der Waals surface area (Å²) in [7, 11) is 0. The first-order valence-electron chi connectivity index (χ1n) is 6.39. The molecule has 0 aliphatic heterocycles. The number of nitrogens with one attached hydrogen (secondary N) is 1. The minimum Gasteiger partial charge on any atom is -0.481 e. The maximum absolute atomic E-state index is 11.7. The number of aliphatic carboxylic acids is 1. The number of carboxylic acids is 1. The zero-order valence-electron chi connectivity index (χ0n) is 11.5. The largest absolute Gasteiger partial charge is 0.481 e. The first kappa shape index (κ1) is 16.2. The zero-order valence-corrected chi connectivity index (χ0v) is 12.3. The first-order valence-corrected chi connectivity index (χ1v) is 6.76. The van der Waals surface area contributed by atoms with Crippen LogP contribution in [0.15, 0.2) is 24.3 Å². The Morgan fingerprint density at radius 3 is 2.70 bits per heavy atom. The summed E-state index contributed by atoms with van der Waals surface area (Å²) in [6.07, 6.45) is 3.52. The number of aryl methyl sites for hydroxylation is 1. The third-order valence-electron chi connectivity index (χ3n) is 2.88. The topological polar surface area (TPSA) is 66.4 Å². The molecule has 0 spiro atoms. The van der Waals surface area contributed by atoms with Gasteiger partial charge in [-0.15, -0.1) is 0 Å². The highest BCUT2D eigenvalue weighted by molar-refractivity contribution is 6.31. The van der Waals surface area contributed by atoms with E-state index >= 15 is 0 Å². The molecule has 1 unspecified atom stereocenters. The van der Waals surface area contributed by atoms with Crippen molar-refractivity contribution in [3.05, 3.63) is 40.4 Å². The molecule has 1 rings (SSSR count). The average Bonchev–Trinajstić information content (AvgIpc) is 2.39. The van der Waals surface area contributed by atoms with E-state index in [0.717, 1.165) is 11.1 Å². The van der Waals surface area contributed by atoms with Crippen molar-refractivity contribution in [1.29, 1.82) is 0 Å². The van der Waals surface area contributed by atoms with Gasteiger partial charge >= 0.3 is 5.97 Å². The lowest BCUT2D eigenvalue weighted by atomic mass is 10.1. The first-order chi connectivity index (χ1) is 9.42. The Labute approximate surface area is 123 Å². The molecule has 20 heavy (non-hydrogen) atoms. The summed E-state index contributed by atoms with van der Waals surface area (Å²) in [6, 6.07) is 5.15. The molecule has 0 saturated carbocycles. The van der Waals surface area contributed by atoms with Gasteiger partial charge in [0.2, 0.25) is 5.91 Å². The summed E-state index contributed by atoms with van der Waals surface area (Å²) in [5.74, 6) is -1.23. The second-order valence-electron chi connectivity index (χ2n) is 4.55. The molecular formula is C15H18ClNO3. The van der Waals surface area contributed by atoms with Crippen LogP contribution in [0.4, 0.5) is 0 Å². The molecule has 0 saturated heterocycles. The molecule has 0 aliphatic rings. The van der Waals surface area contributed by atoms with E-state index in [1.54, 1.807) is 12.1 Å². The van der Waals surface area contributed by atoms with Gasteiger partial charge in [0.25, 0.3) is 0 Å². The van der Waals surface area contributed by atoms with E-state index in [1.165, 1.54) is 6.08 Å². The Kier molecular flexibility index (Phi) is 6.25. The molecule has 0 radical (unpaired) electrons. The predicted molar refractivity (Wildman–Crippen MR) is 79.7 cm³/mol.